The predicted octanol–water partition coefficient (Wildman–Crippen LogP) is 2.63. The van der Waals surface area contributed by atoms with Crippen molar-refractivity contribution in [3.05, 3.63) is 0 Å². The van der Waals surface area contributed by atoms with Crippen LogP contribution in [0.4, 0.5) is 9.59 Å². The lowest BCUT2D eigenvalue weighted by Crippen LogP contribution is -2.54. The number of carbonyl (C=O) groups is 2. The molecule has 3 fully saturated rings. The Labute approximate surface area is 205 Å². The van der Waals surface area contributed by atoms with Crippen LogP contribution in [0.3, 0.4) is 0 Å². The van der Waals surface area contributed by atoms with Gasteiger partial charge in [-0.25, -0.2) is 9.59 Å². The maximum atomic E-state index is 11.6. The maximum Gasteiger partial charge on any atom is 0.410 e. The first-order chi connectivity index (χ1) is 15.8. The number of ether oxygens (including phenoxy) is 4. The second kappa shape index (κ2) is 14.1. The van der Waals surface area contributed by atoms with Gasteiger partial charge in [-0.2, -0.15) is 0 Å². The highest BCUT2D eigenvalue weighted by atomic mass is 16.6. The van der Waals surface area contributed by atoms with Crippen LogP contribution in [0.15, 0.2) is 0 Å². The third-order valence-electron chi connectivity index (χ3n) is 5.41. The zero-order chi connectivity index (χ0) is 25.9. The number of hydrogen-bond acceptors (Lipinski definition) is 8. The topological polar surface area (TPSA) is 110 Å². The van der Waals surface area contributed by atoms with Gasteiger partial charge in [0.15, 0.2) is 0 Å². The second-order valence-electron chi connectivity index (χ2n) is 10.8. The minimum absolute atomic E-state index is 0.0270. The third kappa shape index (κ3) is 11.2. The maximum absolute atomic E-state index is 11.6. The van der Waals surface area contributed by atoms with Gasteiger partial charge in [0, 0.05) is 33.4 Å². The van der Waals surface area contributed by atoms with E-state index in [1.807, 2.05) is 41.5 Å². The number of aliphatic hydroxyl groups is 1. The number of hydrogen-bond donors (Lipinski definition) is 2. The Hall–Kier alpha value is -1.62. The van der Waals surface area contributed by atoms with E-state index < -0.39 is 11.2 Å². The van der Waals surface area contributed by atoms with Gasteiger partial charge in [-0.1, -0.05) is 0 Å². The molecule has 0 aromatic rings. The van der Waals surface area contributed by atoms with Crippen molar-refractivity contribution in [3.63, 3.8) is 0 Å². The highest BCUT2D eigenvalue weighted by molar-refractivity contribution is 5.70. The third-order valence-corrected chi connectivity index (χ3v) is 5.41. The number of likely N-dealkylation sites (tertiary alicyclic amines) is 2. The van der Waals surface area contributed by atoms with Crippen LogP contribution in [0.2, 0.25) is 0 Å². The zero-order valence-electron chi connectivity index (χ0n) is 22.4. The molecule has 0 aromatic carbocycles. The van der Waals surface area contributed by atoms with E-state index >= 15 is 0 Å². The first-order valence-electron chi connectivity index (χ1n) is 12.1. The highest BCUT2D eigenvalue weighted by Crippen LogP contribution is 2.21. The molecule has 3 heterocycles. The molecule has 0 aliphatic carbocycles. The Kier molecular flexibility index (Phi) is 12.6. The summed E-state index contributed by atoms with van der Waals surface area (Å²) in [4.78, 5) is 26.3. The van der Waals surface area contributed by atoms with Crippen LogP contribution in [0.25, 0.3) is 0 Å². The molecule has 0 saturated carbocycles. The van der Waals surface area contributed by atoms with E-state index in [-0.39, 0.29) is 30.9 Å². The summed E-state index contributed by atoms with van der Waals surface area (Å²) in [7, 11) is 3.38. The Morgan fingerprint density at radius 3 is 1.50 bits per heavy atom. The average molecular weight is 490 g/mol. The van der Waals surface area contributed by atoms with Crippen LogP contribution in [0.5, 0.6) is 0 Å². The molecule has 3 saturated heterocycles. The Bertz CT molecular complexity index is 613. The molecule has 3 aliphatic heterocycles. The summed E-state index contributed by atoms with van der Waals surface area (Å²) < 4.78 is 20.3. The van der Waals surface area contributed by atoms with Gasteiger partial charge in [0.2, 0.25) is 0 Å². The van der Waals surface area contributed by atoms with Gasteiger partial charge in [-0.3, -0.25) is 0 Å². The first-order valence-corrected chi connectivity index (χ1v) is 12.1. The summed E-state index contributed by atoms with van der Waals surface area (Å²) in [6, 6.07) is 0.828. The zero-order valence-corrected chi connectivity index (χ0v) is 22.4. The van der Waals surface area contributed by atoms with Gasteiger partial charge in [-0.05, 0) is 67.3 Å². The van der Waals surface area contributed by atoms with Crippen LogP contribution in [-0.4, -0.2) is 110 Å². The molecule has 200 valence electrons. The number of amides is 2. The Morgan fingerprint density at radius 1 is 0.824 bits per heavy atom. The van der Waals surface area contributed by atoms with Crippen LogP contribution >= 0.6 is 0 Å². The lowest BCUT2D eigenvalue weighted by Gasteiger charge is -2.40. The molecule has 10 heteroatoms. The number of rotatable bonds is 5. The number of carbonyl (C=O) groups excluding carboxylic acids is 2. The largest absolute Gasteiger partial charge is 0.444 e. The average Bonchev–Trinajstić information content (AvgIpc) is 2.59. The van der Waals surface area contributed by atoms with Crippen molar-refractivity contribution in [2.75, 3.05) is 53.7 Å². The lowest BCUT2D eigenvalue weighted by molar-refractivity contribution is -0.0219. The van der Waals surface area contributed by atoms with Crippen molar-refractivity contribution in [2.24, 2.45) is 0 Å². The van der Waals surface area contributed by atoms with Crippen molar-refractivity contribution in [1.82, 2.24) is 15.1 Å². The lowest BCUT2D eigenvalue weighted by atomic mass is 10.1. The van der Waals surface area contributed by atoms with E-state index in [0.29, 0.717) is 19.2 Å². The molecule has 0 unspecified atom stereocenters. The van der Waals surface area contributed by atoms with Crippen LogP contribution in [0.1, 0.15) is 60.8 Å². The van der Waals surface area contributed by atoms with Gasteiger partial charge in [0.25, 0.3) is 0 Å². The number of aliphatic hydroxyl groups excluding tert-OH is 1. The summed E-state index contributed by atoms with van der Waals surface area (Å²) >= 11 is 0. The molecule has 2 N–H and O–H groups in total. The summed E-state index contributed by atoms with van der Waals surface area (Å²) in [6.07, 6.45) is 2.61. The fourth-order valence-corrected chi connectivity index (χ4v) is 3.25. The van der Waals surface area contributed by atoms with E-state index in [2.05, 4.69) is 5.32 Å². The highest BCUT2D eigenvalue weighted by Gasteiger charge is 2.35. The molecular weight excluding hydrogens is 442 g/mol. The van der Waals surface area contributed by atoms with Crippen molar-refractivity contribution in [1.29, 1.82) is 0 Å². The molecular formula is C24H47N3O7. The normalized spacial score (nSPS) is 23.6. The fraction of sp³-hybridized carbons (Fsp3) is 0.917. The fourth-order valence-electron chi connectivity index (χ4n) is 3.25. The summed E-state index contributed by atoms with van der Waals surface area (Å²) in [6.45, 7) is 15.3. The van der Waals surface area contributed by atoms with E-state index in [4.69, 9.17) is 24.1 Å². The molecule has 0 radical (unpaired) electrons. The van der Waals surface area contributed by atoms with Crippen molar-refractivity contribution < 1.29 is 33.6 Å². The molecule has 0 bridgehead atoms. The molecule has 2 amide bonds. The van der Waals surface area contributed by atoms with Gasteiger partial charge in [0.05, 0.1) is 31.9 Å². The van der Waals surface area contributed by atoms with Gasteiger partial charge in [0.1, 0.15) is 11.2 Å². The predicted molar refractivity (Wildman–Crippen MR) is 130 cm³/mol. The van der Waals surface area contributed by atoms with Gasteiger partial charge >= 0.3 is 12.2 Å². The van der Waals surface area contributed by atoms with E-state index in [9.17, 15) is 9.59 Å². The molecule has 3 atom stereocenters. The van der Waals surface area contributed by atoms with Crippen LogP contribution < -0.4 is 5.32 Å². The molecule has 10 nitrogen and oxygen atoms in total. The minimum atomic E-state index is -0.452. The molecule has 34 heavy (non-hydrogen) atoms. The van der Waals surface area contributed by atoms with Crippen LogP contribution in [-0.2, 0) is 18.9 Å². The monoisotopic (exact) mass is 489 g/mol. The number of nitrogens with one attached hydrogen (secondary N) is 1. The number of methoxy groups -OCH3 is 2. The van der Waals surface area contributed by atoms with Gasteiger partial charge < -0.3 is 39.2 Å². The van der Waals surface area contributed by atoms with Gasteiger partial charge in [-0.15, -0.1) is 0 Å². The second-order valence-corrected chi connectivity index (χ2v) is 10.8. The molecule has 3 rings (SSSR count). The number of nitrogens with zero attached hydrogens (tertiary/aromatic N) is 2. The van der Waals surface area contributed by atoms with E-state index in [1.165, 1.54) is 13.0 Å². The van der Waals surface area contributed by atoms with E-state index in [0.717, 1.165) is 26.0 Å². The quantitative estimate of drug-likeness (QED) is 0.607. The van der Waals surface area contributed by atoms with Crippen LogP contribution in [0, 0.1) is 0 Å². The SMILES string of the molecule is CC(C)(C)OC(=O)N1CC[C@@H]1CO.COC[C@H]1CCN1.COC[C@H]1CCN1C(=O)OC(C)(C)C. The van der Waals surface area contributed by atoms with Crippen molar-refractivity contribution in [2.45, 2.75) is 90.1 Å². The van der Waals surface area contributed by atoms with E-state index in [1.54, 1.807) is 24.0 Å². The van der Waals surface area contributed by atoms with Crippen molar-refractivity contribution in [3.8, 4) is 0 Å². The Balaban J connectivity index is 0.000000268. The summed E-state index contributed by atoms with van der Waals surface area (Å²) in [5, 5.41) is 12.1. The molecule has 0 spiro atoms. The van der Waals surface area contributed by atoms with Crippen molar-refractivity contribution >= 4 is 12.2 Å². The smallest absolute Gasteiger partial charge is 0.410 e. The minimum Gasteiger partial charge on any atom is -0.444 e. The first kappa shape index (κ1) is 30.4. The summed E-state index contributed by atoms with van der Waals surface area (Å²) in [5.41, 5.74) is -0.864. The Morgan fingerprint density at radius 2 is 1.26 bits per heavy atom. The standard InChI is InChI=1S/C10H19NO3.C9H17NO3.C5H11NO/c1-10(2,3)14-9(12)11-6-5-8(11)7-13-4;1-9(2,3)13-8(12)10-5-4-7(10)6-11;1-7-4-5-2-3-6-5/h8H,5-7H2,1-4H3;7,11H,4-6H2,1-3H3;5-6H,2-4H2,1H3/t8-;7-;5-/m111/s1. The summed E-state index contributed by atoms with van der Waals surface area (Å²) in [5.74, 6) is 0. The molecule has 3 aliphatic rings. The molecule has 0 aromatic heterocycles.